The van der Waals surface area contributed by atoms with Crippen molar-refractivity contribution in [2.75, 3.05) is 27.7 Å². The number of hydrogen-bond acceptors (Lipinski definition) is 2. The van der Waals surface area contributed by atoms with E-state index in [4.69, 9.17) is 4.74 Å². The normalized spacial score (nSPS) is 13.9. The fraction of sp³-hybridized carbons (Fsp3) is 0.467. The molecule has 0 saturated carbocycles. The topological polar surface area (TPSA) is 12.5 Å². The summed E-state index contributed by atoms with van der Waals surface area (Å²) in [7, 11) is 5.92. The van der Waals surface area contributed by atoms with Crippen LogP contribution in [0.25, 0.3) is 5.57 Å². The van der Waals surface area contributed by atoms with E-state index in [1.54, 1.807) is 7.11 Å². The largest absolute Gasteiger partial charge is 0.497 e. The molecule has 2 nitrogen and oxygen atoms in total. The number of allylic oxidation sites excluding steroid dienone is 1. The van der Waals surface area contributed by atoms with E-state index in [-0.39, 0.29) is 0 Å². The highest BCUT2D eigenvalue weighted by Crippen LogP contribution is 2.26. The van der Waals surface area contributed by atoms with Gasteiger partial charge in [0.05, 0.1) is 7.11 Å². The Hall–Kier alpha value is -1.28. The predicted octanol–water partition coefficient (Wildman–Crippen LogP) is 3.30. The first kappa shape index (κ1) is 13.8. The van der Waals surface area contributed by atoms with Crippen LogP contribution in [0.1, 0.15) is 19.4 Å². The van der Waals surface area contributed by atoms with Crippen LogP contribution in [0.5, 0.6) is 5.75 Å². The molecule has 0 N–H and O–H groups in total. The molecule has 0 bridgehead atoms. The van der Waals surface area contributed by atoms with Gasteiger partial charge in [-0.05, 0) is 50.2 Å². The van der Waals surface area contributed by atoms with Gasteiger partial charge in [-0.25, -0.2) is 0 Å². The number of hydrogen-bond donors (Lipinski definition) is 0. The summed E-state index contributed by atoms with van der Waals surface area (Å²) in [6.45, 7) is 5.41. The lowest BCUT2D eigenvalue weighted by atomic mass is 9.93. The Kier molecular flexibility index (Phi) is 5.23. The molecule has 0 fully saturated rings. The van der Waals surface area contributed by atoms with E-state index in [0.717, 1.165) is 12.3 Å². The van der Waals surface area contributed by atoms with Crippen LogP contribution in [0.15, 0.2) is 30.3 Å². The third-order valence-corrected chi connectivity index (χ3v) is 2.88. The quantitative estimate of drug-likeness (QED) is 0.773. The summed E-state index contributed by atoms with van der Waals surface area (Å²) in [6, 6.07) is 8.26. The van der Waals surface area contributed by atoms with Crippen molar-refractivity contribution in [3.05, 3.63) is 35.9 Å². The van der Waals surface area contributed by atoms with Gasteiger partial charge in [0.25, 0.3) is 0 Å². The molecule has 0 heterocycles. The molecule has 1 atom stereocenters. The van der Waals surface area contributed by atoms with Gasteiger partial charge in [-0.15, -0.1) is 0 Å². The minimum Gasteiger partial charge on any atom is -0.497 e. The summed E-state index contributed by atoms with van der Waals surface area (Å²) in [5.41, 5.74) is 2.62. The highest BCUT2D eigenvalue weighted by atomic mass is 16.5. The van der Waals surface area contributed by atoms with Crippen molar-refractivity contribution in [3.8, 4) is 5.75 Å². The van der Waals surface area contributed by atoms with Crippen LogP contribution in [-0.2, 0) is 0 Å². The molecule has 94 valence electrons. The van der Waals surface area contributed by atoms with Gasteiger partial charge in [-0.1, -0.05) is 25.1 Å². The van der Waals surface area contributed by atoms with Crippen LogP contribution in [0.3, 0.4) is 0 Å². The Morgan fingerprint density at radius 2 is 2.12 bits per heavy atom. The molecule has 1 unspecified atom stereocenters. The van der Waals surface area contributed by atoms with Crippen LogP contribution in [0, 0.1) is 5.92 Å². The molecule has 0 spiro atoms. The van der Waals surface area contributed by atoms with Crippen LogP contribution in [-0.4, -0.2) is 32.6 Å². The molecule has 0 amide bonds. The average Bonchev–Trinajstić information content (AvgIpc) is 2.29. The van der Waals surface area contributed by atoms with Gasteiger partial charge in [0.2, 0.25) is 0 Å². The Morgan fingerprint density at radius 1 is 1.41 bits per heavy atom. The molecule has 0 aliphatic rings. The number of nitrogens with zero attached hydrogens (tertiary/aromatic N) is 1. The van der Waals surface area contributed by atoms with Gasteiger partial charge in [-0.3, -0.25) is 0 Å². The lowest BCUT2D eigenvalue weighted by Crippen LogP contribution is -2.20. The first-order valence-corrected chi connectivity index (χ1v) is 6.03. The molecule has 1 rings (SSSR count). The molecule has 0 aliphatic carbocycles. The van der Waals surface area contributed by atoms with E-state index >= 15 is 0 Å². The summed E-state index contributed by atoms with van der Waals surface area (Å²) in [5.74, 6) is 1.43. The second-order valence-electron chi connectivity index (χ2n) is 4.64. The third-order valence-electron chi connectivity index (χ3n) is 2.88. The molecule has 0 aliphatic heterocycles. The molecular weight excluding hydrogens is 210 g/mol. The monoisotopic (exact) mass is 233 g/mol. The smallest absolute Gasteiger partial charge is 0.119 e. The molecule has 0 saturated heterocycles. The Bertz CT molecular complexity index is 382. The minimum atomic E-state index is 0.516. The molecule has 17 heavy (non-hydrogen) atoms. The maximum Gasteiger partial charge on any atom is 0.119 e. The minimum absolute atomic E-state index is 0.516. The maximum absolute atomic E-state index is 5.27. The van der Waals surface area contributed by atoms with Crippen LogP contribution in [0.4, 0.5) is 0 Å². The SMILES string of the molecule is C/C=C(/c1cccc(OC)c1)C(C)CN(C)C. The number of methoxy groups -OCH3 is 1. The zero-order valence-corrected chi connectivity index (χ0v) is 11.5. The van der Waals surface area contributed by atoms with E-state index in [2.05, 4.69) is 51.1 Å². The highest BCUT2D eigenvalue weighted by molar-refractivity contribution is 5.68. The van der Waals surface area contributed by atoms with Gasteiger partial charge >= 0.3 is 0 Å². The van der Waals surface area contributed by atoms with Gasteiger partial charge < -0.3 is 9.64 Å². The fourth-order valence-corrected chi connectivity index (χ4v) is 2.18. The second-order valence-corrected chi connectivity index (χ2v) is 4.64. The van der Waals surface area contributed by atoms with E-state index in [1.165, 1.54) is 11.1 Å². The van der Waals surface area contributed by atoms with E-state index in [9.17, 15) is 0 Å². The molecule has 0 radical (unpaired) electrons. The van der Waals surface area contributed by atoms with Gasteiger partial charge in [0.1, 0.15) is 5.75 Å². The van der Waals surface area contributed by atoms with Crippen molar-refractivity contribution in [3.63, 3.8) is 0 Å². The van der Waals surface area contributed by atoms with Crippen molar-refractivity contribution in [2.45, 2.75) is 13.8 Å². The summed E-state index contributed by atoms with van der Waals surface area (Å²) in [4.78, 5) is 2.22. The summed E-state index contributed by atoms with van der Waals surface area (Å²) < 4.78 is 5.27. The number of benzene rings is 1. The summed E-state index contributed by atoms with van der Waals surface area (Å²) in [6.07, 6.45) is 2.20. The Labute approximate surface area is 105 Å². The van der Waals surface area contributed by atoms with Crippen molar-refractivity contribution in [2.24, 2.45) is 5.92 Å². The maximum atomic E-state index is 5.27. The predicted molar refractivity (Wildman–Crippen MR) is 74.4 cm³/mol. The first-order chi connectivity index (χ1) is 8.08. The Balaban J connectivity index is 2.93. The van der Waals surface area contributed by atoms with Crippen LogP contribution < -0.4 is 4.74 Å². The first-order valence-electron chi connectivity index (χ1n) is 6.03. The van der Waals surface area contributed by atoms with Crippen molar-refractivity contribution in [1.82, 2.24) is 4.90 Å². The van der Waals surface area contributed by atoms with Crippen molar-refractivity contribution >= 4 is 5.57 Å². The zero-order valence-electron chi connectivity index (χ0n) is 11.5. The average molecular weight is 233 g/mol. The lowest BCUT2D eigenvalue weighted by Gasteiger charge is -2.20. The highest BCUT2D eigenvalue weighted by Gasteiger charge is 2.11. The van der Waals surface area contributed by atoms with Crippen LogP contribution in [0.2, 0.25) is 0 Å². The number of ether oxygens (including phenoxy) is 1. The van der Waals surface area contributed by atoms with Crippen LogP contribution >= 0.6 is 0 Å². The van der Waals surface area contributed by atoms with E-state index < -0.39 is 0 Å². The molecule has 0 aromatic heterocycles. The van der Waals surface area contributed by atoms with Gasteiger partial charge in [-0.2, -0.15) is 0 Å². The standard InChI is InChI=1S/C15H23NO/c1-6-15(12(2)11-16(3)4)13-8-7-9-14(10-13)17-5/h6-10,12H,11H2,1-5H3/b15-6+. The molecule has 1 aromatic rings. The third kappa shape index (κ3) is 3.90. The number of rotatable bonds is 5. The van der Waals surface area contributed by atoms with E-state index in [0.29, 0.717) is 5.92 Å². The summed E-state index contributed by atoms with van der Waals surface area (Å²) in [5, 5.41) is 0. The molecular formula is C15H23NO. The lowest BCUT2D eigenvalue weighted by molar-refractivity contribution is 0.375. The molecule has 2 heteroatoms. The summed E-state index contributed by atoms with van der Waals surface area (Å²) >= 11 is 0. The van der Waals surface area contributed by atoms with E-state index in [1.807, 2.05) is 12.1 Å². The zero-order chi connectivity index (χ0) is 12.8. The second kappa shape index (κ2) is 6.45. The van der Waals surface area contributed by atoms with Gasteiger partial charge in [0, 0.05) is 6.54 Å². The molecule has 1 aromatic carbocycles. The van der Waals surface area contributed by atoms with Crippen molar-refractivity contribution < 1.29 is 4.74 Å². The fourth-order valence-electron chi connectivity index (χ4n) is 2.18. The van der Waals surface area contributed by atoms with Crippen molar-refractivity contribution in [1.29, 1.82) is 0 Å². The van der Waals surface area contributed by atoms with Gasteiger partial charge in [0.15, 0.2) is 0 Å². The Morgan fingerprint density at radius 3 is 2.65 bits per heavy atom.